The van der Waals surface area contributed by atoms with E-state index in [2.05, 4.69) is 27.7 Å². The van der Waals surface area contributed by atoms with Gasteiger partial charge in [0.25, 0.3) is 0 Å². The number of cyclic esters (lactones) is 1. The number of hydrogen-bond acceptors (Lipinski definition) is 30. The van der Waals surface area contributed by atoms with E-state index in [4.69, 9.17) is 109 Å². The van der Waals surface area contributed by atoms with Crippen LogP contribution in [0.5, 0.6) is 0 Å². The van der Waals surface area contributed by atoms with Crippen LogP contribution >= 0.6 is 0 Å². The van der Waals surface area contributed by atoms with Crippen LogP contribution in [0.4, 0.5) is 0 Å². The number of carbonyl (C=O) groups is 4. The molecule has 0 aliphatic carbocycles. The smallest absolute Gasteiger partial charge is 0.465 e. The number of esters is 4. The zero-order valence-corrected chi connectivity index (χ0v) is 81.0. The van der Waals surface area contributed by atoms with E-state index < -0.39 is 166 Å². The second kappa shape index (κ2) is 31.4. The number of hydrogen-bond donors (Lipinski definition) is 0. The summed E-state index contributed by atoms with van der Waals surface area (Å²) in [6.45, 7) is 46.2. The Bertz CT molecular complexity index is 2860. The summed E-state index contributed by atoms with van der Waals surface area (Å²) in [5, 5.41) is 0. The average molecular weight is 1720 g/mol. The summed E-state index contributed by atoms with van der Waals surface area (Å²) in [6, 6.07) is 7.54. The van der Waals surface area contributed by atoms with Gasteiger partial charge in [0.15, 0.2) is 0 Å². The lowest BCUT2D eigenvalue weighted by Crippen LogP contribution is -2.80. The molecule has 588 valence electrons. The molecule has 102 heavy (non-hydrogen) atoms. The van der Waals surface area contributed by atoms with Crippen LogP contribution in [0.15, 0.2) is 0 Å². The maximum Gasteiger partial charge on any atom is 0.478 e. The third kappa shape index (κ3) is 16.0. The van der Waals surface area contributed by atoms with Crippen molar-refractivity contribution in [1.82, 2.24) is 0 Å². The fourth-order valence-electron chi connectivity index (χ4n) is 13.5. The standard InChI is InChI=1S/2C23H52O13Si8.C10H16O4/c2*1-11-23(9,10)22(24)25-20-19-21-42-31-38(13-3)26-37(12-2)27-39(14-4)30-40(15-5,29-38)34-44(18-8,36-42)43(17-7,33-39)35-41(16-6,28-37)32-42;1-4-10(2,3)9(12)14-7-5-6-13-8(7)11/h2*11-21H2,1-10H3;7H,4-6H2,1-3H3. The molecule has 0 aromatic carbocycles. The molecule has 13 saturated heterocycles. The number of carbonyl (C=O) groups excluding carboxylic acids is 4. The molecule has 13 rings (SSSR count). The fraction of sp³-hybridized carbons (Fsp3) is 0.929. The van der Waals surface area contributed by atoms with Gasteiger partial charge < -0.3 is 109 Å². The normalized spacial score (nSPS) is 43.0. The second-order valence-corrected chi connectivity index (χ2v) is 89.9. The van der Waals surface area contributed by atoms with Crippen LogP contribution in [0.2, 0.25) is 96.7 Å². The fourth-order valence-corrected chi connectivity index (χ4v) is 139. The summed E-state index contributed by atoms with van der Waals surface area (Å²) < 4.78 is 181. The summed E-state index contributed by atoms with van der Waals surface area (Å²) in [5.74, 6) is -1.22. The van der Waals surface area contributed by atoms with Gasteiger partial charge in [-0.2, -0.15) is 0 Å². The molecule has 46 heteroatoms. The Morgan fingerprint density at radius 1 is 0.314 bits per heavy atom. The quantitative estimate of drug-likeness (QED) is 0.0291. The molecule has 0 aromatic rings. The Labute approximate surface area is 622 Å². The van der Waals surface area contributed by atoms with E-state index >= 15 is 0 Å². The first-order valence-electron chi connectivity index (χ1n) is 37.9. The predicted molar refractivity (Wildman–Crippen MR) is 401 cm³/mol. The first-order chi connectivity index (χ1) is 47.8. The van der Waals surface area contributed by atoms with Crippen LogP contribution in [-0.2, 0) is 129 Å². The van der Waals surface area contributed by atoms with Crippen molar-refractivity contribution in [3.05, 3.63) is 0 Å². The molecular weight excluding hydrogens is 1600 g/mol. The van der Waals surface area contributed by atoms with Gasteiger partial charge in [-0.3, -0.25) is 14.4 Å². The lowest BCUT2D eigenvalue weighted by atomic mass is 9.90. The van der Waals surface area contributed by atoms with Crippen LogP contribution < -0.4 is 0 Å². The van der Waals surface area contributed by atoms with E-state index in [-0.39, 0.29) is 31.1 Å². The Morgan fingerprint density at radius 2 is 0.520 bits per heavy atom. The highest BCUT2D eigenvalue weighted by molar-refractivity contribution is 7.39. The zero-order valence-electron chi connectivity index (χ0n) is 65.0. The van der Waals surface area contributed by atoms with Crippen molar-refractivity contribution in [2.24, 2.45) is 16.2 Å². The zero-order chi connectivity index (χ0) is 75.4. The molecule has 17 atom stereocenters. The van der Waals surface area contributed by atoms with Crippen LogP contribution in [0.25, 0.3) is 0 Å². The summed E-state index contributed by atoms with van der Waals surface area (Å²) in [4.78, 5) is 48.2. The lowest BCUT2D eigenvalue weighted by molar-refractivity contribution is -0.167. The van der Waals surface area contributed by atoms with Crippen LogP contribution in [0.1, 0.15) is 198 Å². The summed E-state index contributed by atoms with van der Waals surface area (Å²) in [6.07, 6.45) is 2.77. The molecule has 13 aliphatic heterocycles. The molecule has 0 saturated carbocycles. The van der Waals surface area contributed by atoms with Crippen molar-refractivity contribution in [3.63, 3.8) is 0 Å². The molecular formula is C56H120O30Si16. The molecule has 30 nitrogen and oxygen atoms in total. The van der Waals surface area contributed by atoms with E-state index in [1.165, 1.54) is 0 Å². The Hall–Kier alpha value is 0.470. The first kappa shape index (κ1) is 86.5. The Balaban J connectivity index is 0.000000200. The van der Waals surface area contributed by atoms with E-state index in [0.29, 0.717) is 142 Å². The molecule has 0 spiro atoms. The van der Waals surface area contributed by atoms with E-state index in [1.54, 1.807) is 13.8 Å². The maximum absolute atomic E-state index is 12.8. The van der Waals surface area contributed by atoms with Gasteiger partial charge in [-0.25, -0.2) is 4.79 Å². The molecule has 13 heterocycles. The number of rotatable bonds is 29. The van der Waals surface area contributed by atoms with Gasteiger partial charge in [0.2, 0.25) is 6.10 Å². The summed E-state index contributed by atoms with van der Waals surface area (Å²) >= 11 is 0. The Kier molecular flexibility index (Phi) is 26.7. The van der Waals surface area contributed by atoms with Crippen molar-refractivity contribution >= 4 is 162 Å². The highest BCUT2D eigenvalue weighted by Crippen LogP contribution is 2.59. The van der Waals surface area contributed by atoms with Gasteiger partial charge in [0, 0.05) is 78.9 Å². The minimum Gasteiger partial charge on any atom is -0.465 e. The SMILES string of the molecule is CCC(C)(C)C(=O)OC1CCOC1=O.CCC(C)(C)C(=O)OCCC[Si]12O[Si]3(CC)O[Si]4(CC)O[Si]5(CC)O[Si](CC)(O3)O[Si](CC)(O1)[Si](CC)(O5)O[Si](CC)(O4)O2.CCC(C)(C)C(=O)OCCC[Si]12O[Si]3(CC)O[Si]4(CC)O[Si]5(CC)O[Si](CC)(O3)O[Si](CC)(O1)[Si](CC)(O5)O[Si](CC)(O4)O2. The van der Waals surface area contributed by atoms with Gasteiger partial charge in [0.05, 0.1) is 36.1 Å². The minimum atomic E-state index is -3.76. The van der Waals surface area contributed by atoms with Crippen molar-refractivity contribution < 1.29 is 129 Å². The highest BCUT2D eigenvalue weighted by Gasteiger charge is 2.89. The van der Waals surface area contributed by atoms with Crippen molar-refractivity contribution in [3.8, 4) is 0 Å². The molecule has 0 aromatic heterocycles. The van der Waals surface area contributed by atoms with Crippen molar-refractivity contribution in [2.45, 2.75) is 301 Å². The lowest BCUT2D eigenvalue weighted by Gasteiger charge is -2.56. The minimum absolute atomic E-state index is 0.200. The van der Waals surface area contributed by atoms with Crippen molar-refractivity contribution in [2.75, 3.05) is 19.8 Å². The maximum atomic E-state index is 12.8. The third-order valence-electron chi connectivity index (χ3n) is 21.4. The largest absolute Gasteiger partial charge is 0.478 e. The van der Waals surface area contributed by atoms with Crippen LogP contribution in [-0.4, -0.2) is 188 Å². The topological polar surface area (TPSA) is 308 Å². The second-order valence-electron chi connectivity index (χ2n) is 29.4. The molecule has 0 N–H and O–H groups in total. The summed E-state index contributed by atoms with van der Waals surface area (Å²) in [7, 11) is -57.3. The van der Waals surface area contributed by atoms with Crippen molar-refractivity contribution in [1.29, 1.82) is 0 Å². The van der Waals surface area contributed by atoms with E-state index in [9.17, 15) is 19.2 Å². The summed E-state index contributed by atoms with van der Waals surface area (Å²) in [5.41, 5.74) is -1.65. The highest BCUT2D eigenvalue weighted by atomic mass is 29.3. The molecule has 0 amide bonds. The molecule has 0 radical (unpaired) electrons. The number of ether oxygens (including phenoxy) is 4. The molecule has 17 unspecified atom stereocenters. The average Bonchev–Trinajstić information content (AvgIpc) is 1.52. The molecule has 16 bridgehead atoms. The van der Waals surface area contributed by atoms with Gasteiger partial charge in [-0.05, 0) is 97.8 Å². The van der Waals surface area contributed by atoms with Gasteiger partial charge in [-0.1, -0.05) is 118 Å². The molecule has 13 aliphatic rings. The predicted octanol–water partition coefficient (Wildman–Crippen LogP) is 12.0. The van der Waals surface area contributed by atoms with Gasteiger partial charge in [0.1, 0.15) is 0 Å². The van der Waals surface area contributed by atoms with Gasteiger partial charge in [-0.15, -0.1) is 0 Å². The Morgan fingerprint density at radius 3 is 0.716 bits per heavy atom. The third-order valence-corrected chi connectivity index (χ3v) is 112. The van der Waals surface area contributed by atoms with Crippen LogP contribution in [0, 0.1) is 16.2 Å². The van der Waals surface area contributed by atoms with E-state index in [0.717, 1.165) is 0 Å². The first-order valence-corrected chi connectivity index (χ1v) is 71.2. The molecule has 13 fully saturated rings. The van der Waals surface area contributed by atoms with Crippen LogP contribution in [0.3, 0.4) is 0 Å². The van der Waals surface area contributed by atoms with Gasteiger partial charge >= 0.3 is 162 Å². The van der Waals surface area contributed by atoms with E-state index in [1.807, 2.05) is 118 Å². The monoisotopic (exact) mass is 1720 g/mol.